The molecular weight excluding hydrogens is 216 g/mol. The first kappa shape index (κ1) is 11.0. The number of nitrogens with two attached hydrogens (primary N) is 1. The van der Waals surface area contributed by atoms with Gasteiger partial charge in [-0.3, -0.25) is 0 Å². The van der Waals surface area contributed by atoms with Crippen LogP contribution in [0.3, 0.4) is 0 Å². The third-order valence-electron chi connectivity index (χ3n) is 2.48. The minimum atomic E-state index is 0.238. The van der Waals surface area contributed by atoms with Crippen LogP contribution >= 0.6 is 0 Å². The van der Waals surface area contributed by atoms with Crippen LogP contribution in [0.15, 0.2) is 40.8 Å². The highest BCUT2D eigenvalue weighted by molar-refractivity contribution is 5.74. The SMILES string of the molecule is COc1cccc(N2CC=NC(N)=C2C#N)c1. The van der Waals surface area contributed by atoms with Gasteiger partial charge in [0.25, 0.3) is 0 Å². The van der Waals surface area contributed by atoms with Crippen LogP contribution in [0, 0.1) is 11.3 Å². The van der Waals surface area contributed by atoms with Gasteiger partial charge >= 0.3 is 0 Å². The summed E-state index contributed by atoms with van der Waals surface area (Å²) in [6.45, 7) is 0.525. The summed E-state index contributed by atoms with van der Waals surface area (Å²) in [6, 6.07) is 9.53. The fourth-order valence-electron chi connectivity index (χ4n) is 1.64. The van der Waals surface area contributed by atoms with Crippen molar-refractivity contribution >= 4 is 11.9 Å². The Hall–Kier alpha value is -2.48. The standard InChI is InChI=1S/C12H12N4O/c1-17-10-4-2-3-9(7-10)16-6-5-15-12(14)11(16)8-13/h2-5,7H,6,14H2,1H3. The molecule has 2 rings (SSSR count). The van der Waals surface area contributed by atoms with Crippen LogP contribution in [0.25, 0.3) is 0 Å². The number of aliphatic imine (C=N–C) groups is 1. The van der Waals surface area contributed by atoms with Gasteiger partial charge in [-0.25, -0.2) is 4.99 Å². The number of hydrogen-bond acceptors (Lipinski definition) is 5. The smallest absolute Gasteiger partial charge is 0.163 e. The Morgan fingerprint density at radius 3 is 3.06 bits per heavy atom. The lowest BCUT2D eigenvalue weighted by molar-refractivity contribution is 0.415. The molecule has 0 aromatic heterocycles. The summed E-state index contributed by atoms with van der Waals surface area (Å²) < 4.78 is 5.15. The predicted molar refractivity (Wildman–Crippen MR) is 65.7 cm³/mol. The Morgan fingerprint density at radius 2 is 2.35 bits per heavy atom. The molecule has 1 aromatic rings. The van der Waals surface area contributed by atoms with Gasteiger partial charge in [0, 0.05) is 18.0 Å². The summed E-state index contributed by atoms with van der Waals surface area (Å²) in [6.07, 6.45) is 1.68. The number of ether oxygens (including phenoxy) is 1. The van der Waals surface area contributed by atoms with E-state index in [4.69, 9.17) is 15.7 Å². The quantitative estimate of drug-likeness (QED) is 0.826. The van der Waals surface area contributed by atoms with E-state index in [2.05, 4.69) is 11.1 Å². The van der Waals surface area contributed by atoms with Gasteiger partial charge in [0.05, 0.1) is 13.7 Å². The van der Waals surface area contributed by atoms with Gasteiger partial charge in [-0.2, -0.15) is 5.26 Å². The van der Waals surface area contributed by atoms with Crippen LogP contribution in [0.5, 0.6) is 5.75 Å². The van der Waals surface area contributed by atoms with Gasteiger partial charge in [0.2, 0.25) is 0 Å². The average Bonchev–Trinajstić information content (AvgIpc) is 2.38. The van der Waals surface area contributed by atoms with Crippen molar-refractivity contribution in [3.8, 4) is 11.8 Å². The van der Waals surface area contributed by atoms with E-state index < -0.39 is 0 Å². The molecule has 0 spiro atoms. The Bertz CT molecular complexity index is 528. The van der Waals surface area contributed by atoms with Gasteiger partial charge in [-0.05, 0) is 12.1 Å². The molecule has 0 saturated carbocycles. The summed E-state index contributed by atoms with van der Waals surface area (Å²) in [5, 5.41) is 9.08. The molecule has 0 saturated heterocycles. The van der Waals surface area contributed by atoms with Crippen LogP contribution in [-0.2, 0) is 0 Å². The molecule has 0 bridgehead atoms. The van der Waals surface area contributed by atoms with Crippen molar-refractivity contribution in [2.75, 3.05) is 18.6 Å². The number of nitrogens with zero attached hydrogens (tertiary/aromatic N) is 3. The molecule has 1 aliphatic heterocycles. The van der Waals surface area contributed by atoms with Crippen molar-refractivity contribution < 1.29 is 4.74 Å². The zero-order valence-electron chi connectivity index (χ0n) is 9.42. The van der Waals surface area contributed by atoms with E-state index in [9.17, 15) is 0 Å². The Kier molecular flexibility index (Phi) is 2.97. The van der Waals surface area contributed by atoms with Crippen molar-refractivity contribution in [3.63, 3.8) is 0 Å². The summed E-state index contributed by atoms with van der Waals surface area (Å²) in [7, 11) is 1.60. The van der Waals surface area contributed by atoms with E-state index >= 15 is 0 Å². The molecule has 1 aliphatic rings. The highest BCUT2D eigenvalue weighted by Crippen LogP contribution is 2.25. The number of hydrogen-bond donors (Lipinski definition) is 1. The van der Waals surface area contributed by atoms with Gasteiger partial charge in [-0.1, -0.05) is 6.07 Å². The first-order valence-electron chi connectivity index (χ1n) is 5.10. The largest absolute Gasteiger partial charge is 0.497 e. The number of benzene rings is 1. The van der Waals surface area contributed by atoms with Crippen molar-refractivity contribution in [1.29, 1.82) is 5.26 Å². The summed E-state index contributed by atoms with van der Waals surface area (Å²) in [4.78, 5) is 5.73. The maximum absolute atomic E-state index is 9.08. The zero-order valence-corrected chi connectivity index (χ0v) is 9.42. The van der Waals surface area contributed by atoms with Crippen LogP contribution in [0.1, 0.15) is 0 Å². The van der Waals surface area contributed by atoms with Crippen molar-refractivity contribution in [2.24, 2.45) is 10.7 Å². The molecule has 2 N–H and O–H groups in total. The molecule has 0 aliphatic carbocycles. The minimum absolute atomic E-state index is 0.238. The first-order chi connectivity index (χ1) is 8.26. The van der Waals surface area contributed by atoms with Gasteiger partial charge in [-0.15, -0.1) is 0 Å². The van der Waals surface area contributed by atoms with E-state index in [1.54, 1.807) is 18.2 Å². The lowest BCUT2D eigenvalue weighted by Gasteiger charge is -2.25. The third kappa shape index (κ3) is 2.06. The average molecular weight is 228 g/mol. The van der Waals surface area contributed by atoms with E-state index in [0.717, 1.165) is 11.4 Å². The normalized spacial score (nSPS) is 14.7. The van der Waals surface area contributed by atoms with Crippen LogP contribution < -0.4 is 15.4 Å². The molecule has 0 unspecified atom stereocenters. The lowest BCUT2D eigenvalue weighted by Crippen LogP contribution is -2.29. The maximum atomic E-state index is 9.08. The Labute approximate surface area is 99.4 Å². The molecule has 5 nitrogen and oxygen atoms in total. The zero-order chi connectivity index (χ0) is 12.3. The molecule has 0 radical (unpaired) electrons. The fourth-order valence-corrected chi connectivity index (χ4v) is 1.64. The number of anilines is 1. The second kappa shape index (κ2) is 4.58. The van der Waals surface area contributed by atoms with Crippen molar-refractivity contribution in [1.82, 2.24) is 0 Å². The molecule has 1 heterocycles. The van der Waals surface area contributed by atoms with Crippen LogP contribution in [-0.4, -0.2) is 19.9 Å². The molecule has 86 valence electrons. The van der Waals surface area contributed by atoms with Crippen LogP contribution in [0.4, 0.5) is 5.69 Å². The maximum Gasteiger partial charge on any atom is 0.163 e. The second-order valence-electron chi connectivity index (χ2n) is 3.47. The monoisotopic (exact) mass is 228 g/mol. The summed E-state index contributed by atoms with van der Waals surface area (Å²) in [5.74, 6) is 0.974. The summed E-state index contributed by atoms with van der Waals surface area (Å²) in [5.41, 5.74) is 6.89. The topological polar surface area (TPSA) is 74.6 Å². The summed E-state index contributed by atoms with van der Waals surface area (Å²) >= 11 is 0. The van der Waals surface area contributed by atoms with Gasteiger partial charge in [0.1, 0.15) is 11.8 Å². The first-order valence-corrected chi connectivity index (χ1v) is 5.10. The molecule has 17 heavy (non-hydrogen) atoms. The molecular formula is C12H12N4O. The molecule has 0 atom stereocenters. The highest BCUT2D eigenvalue weighted by atomic mass is 16.5. The second-order valence-corrected chi connectivity index (χ2v) is 3.47. The van der Waals surface area contributed by atoms with E-state index in [1.807, 2.05) is 24.3 Å². The van der Waals surface area contributed by atoms with Gasteiger partial charge < -0.3 is 15.4 Å². The third-order valence-corrected chi connectivity index (χ3v) is 2.48. The number of methoxy groups -OCH3 is 1. The lowest BCUT2D eigenvalue weighted by atomic mass is 10.2. The van der Waals surface area contributed by atoms with E-state index in [-0.39, 0.29) is 5.82 Å². The van der Waals surface area contributed by atoms with E-state index in [0.29, 0.717) is 12.2 Å². The number of allylic oxidation sites excluding steroid dienone is 1. The van der Waals surface area contributed by atoms with Crippen LogP contribution in [0.2, 0.25) is 0 Å². The molecule has 5 heteroatoms. The van der Waals surface area contributed by atoms with Crippen molar-refractivity contribution in [2.45, 2.75) is 0 Å². The minimum Gasteiger partial charge on any atom is -0.497 e. The van der Waals surface area contributed by atoms with E-state index in [1.165, 1.54) is 0 Å². The molecule has 0 fully saturated rings. The van der Waals surface area contributed by atoms with Crippen molar-refractivity contribution in [3.05, 3.63) is 35.8 Å². The van der Waals surface area contributed by atoms with Gasteiger partial charge in [0.15, 0.2) is 11.5 Å². The highest BCUT2D eigenvalue weighted by Gasteiger charge is 2.17. The fraction of sp³-hybridized carbons (Fsp3) is 0.167. The molecule has 1 aromatic carbocycles. The number of nitriles is 1. The Balaban J connectivity index is 2.41. The molecule has 0 amide bonds. The Morgan fingerprint density at radius 1 is 1.53 bits per heavy atom. The predicted octanol–water partition coefficient (Wildman–Crippen LogP) is 1.24. The number of rotatable bonds is 2.